The zero-order valence-corrected chi connectivity index (χ0v) is 12.9. The number of hydrogen-bond donors (Lipinski definition) is 0. The van der Waals surface area contributed by atoms with Gasteiger partial charge in [-0.25, -0.2) is 0 Å². The molecule has 0 aliphatic heterocycles. The van der Waals surface area contributed by atoms with Crippen LogP contribution < -0.4 is 0 Å². The zero-order valence-electron chi connectivity index (χ0n) is 12.9. The Morgan fingerprint density at radius 1 is 1.35 bits per heavy atom. The molecule has 108 valence electrons. The summed E-state index contributed by atoms with van der Waals surface area (Å²) in [6.07, 6.45) is 6.87. The number of nitrogens with zero attached hydrogens (tertiary/aromatic N) is 4. The van der Waals surface area contributed by atoms with Crippen LogP contribution in [0.3, 0.4) is 0 Å². The highest BCUT2D eigenvalue weighted by atomic mass is 15.3. The van der Waals surface area contributed by atoms with Gasteiger partial charge in [0, 0.05) is 42.8 Å². The van der Waals surface area contributed by atoms with Crippen LogP contribution in [-0.4, -0.2) is 26.7 Å². The number of hydrogen-bond acceptors (Lipinski definition) is 3. The van der Waals surface area contributed by atoms with Crippen molar-refractivity contribution in [3.8, 4) is 0 Å². The van der Waals surface area contributed by atoms with Crippen LogP contribution >= 0.6 is 0 Å². The van der Waals surface area contributed by atoms with Gasteiger partial charge in [-0.3, -0.25) is 14.6 Å². The van der Waals surface area contributed by atoms with Gasteiger partial charge in [0.05, 0.1) is 6.20 Å². The summed E-state index contributed by atoms with van der Waals surface area (Å²) in [7, 11) is 2.15. The average Bonchev–Trinajstić information content (AvgIpc) is 2.81. The van der Waals surface area contributed by atoms with Crippen LogP contribution in [0.25, 0.3) is 0 Å². The molecule has 0 fully saturated rings. The summed E-state index contributed by atoms with van der Waals surface area (Å²) >= 11 is 0. The second-order valence-corrected chi connectivity index (χ2v) is 5.36. The minimum absolute atomic E-state index is 0.345. The van der Waals surface area contributed by atoms with E-state index in [-0.39, 0.29) is 0 Å². The van der Waals surface area contributed by atoms with Crippen LogP contribution in [0.1, 0.15) is 43.1 Å². The van der Waals surface area contributed by atoms with Crippen molar-refractivity contribution in [1.29, 1.82) is 0 Å². The first-order valence-corrected chi connectivity index (χ1v) is 7.25. The van der Waals surface area contributed by atoms with E-state index < -0.39 is 0 Å². The van der Waals surface area contributed by atoms with E-state index in [9.17, 15) is 0 Å². The Labute approximate surface area is 121 Å². The fraction of sp³-hybridized carbons (Fsp3) is 0.500. The number of aromatic nitrogens is 3. The van der Waals surface area contributed by atoms with Gasteiger partial charge in [0.2, 0.25) is 0 Å². The first kappa shape index (κ1) is 14.7. The molecule has 0 bridgehead atoms. The fourth-order valence-electron chi connectivity index (χ4n) is 2.36. The normalized spacial score (nSPS) is 12.8. The monoisotopic (exact) mass is 272 g/mol. The van der Waals surface area contributed by atoms with Crippen LogP contribution in [0.4, 0.5) is 0 Å². The van der Waals surface area contributed by atoms with Gasteiger partial charge in [-0.15, -0.1) is 0 Å². The predicted octanol–water partition coefficient (Wildman–Crippen LogP) is 3.19. The van der Waals surface area contributed by atoms with Gasteiger partial charge in [-0.05, 0) is 38.9 Å². The molecule has 0 amide bonds. The second kappa shape index (κ2) is 6.66. The van der Waals surface area contributed by atoms with E-state index in [1.165, 1.54) is 16.8 Å². The second-order valence-electron chi connectivity index (χ2n) is 5.36. The van der Waals surface area contributed by atoms with E-state index in [0.29, 0.717) is 6.04 Å². The number of aryl methyl sites for hydroxylation is 1. The molecular formula is C16H24N4. The molecule has 0 aliphatic rings. The van der Waals surface area contributed by atoms with Gasteiger partial charge in [0.15, 0.2) is 0 Å². The van der Waals surface area contributed by atoms with E-state index in [1.807, 2.05) is 24.7 Å². The summed E-state index contributed by atoms with van der Waals surface area (Å²) in [6, 6.07) is 4.46. The van der Waals surface area contributed by atoms with Crippen molar-refractivity contribution in [3.05, 3.63) is 47.5 Å². The quantitative estimate of drug-likeness (QED) is 0.810. The molecule has 0 radical (unpaired) electrons. The highest BCUT2D eigenvalue weighted by molar-refractivity contribution is 5.18. The van der Waals surface area contributed by atoms with Crippen molar-refractivity contribution in [2.45, 2.75) is 46.3 Å². The smallest absolute Gasteiger partial charge is 0.0537 e. The largest absolute Gasteiger partial charge is 0.295 e. The molecule has 0 spiro atoms. The Bertz CT molecular complexity index is 533. The fourth-order valence-corrected chi connectivity index (χ4v) is 2.36. The van der Waals surface area contributed by atoms with Crippen molar-refractivity contribution in [2.75, 3.05) is 7.05 Å². The Balaban J connectivity index is 2.06. The van der Waals surface area contributed by atoms with Crippen LogP contribution in [0.2, 0.25) is 0 Å². The minimum atomic E-state index is 0.345. The maximum absolute atomic E-state index is 4.47. The molecule has 0 aliphatic carbocycles. The first-order valence-electron chi connectivity index (χ1n) is 7.25. The molecule has 4 nitrogen and oxygen atoms in total. The molecule has 0 saturated carbocycles. The lowest BCUT2D eigenvalue weighted by Crippen LogP contribution is -2.22. The third kappa shape index (κ3) is 3.25. The van der Waals surface area contributed by atoms with E-state index in [0.717, 1.165) is 19.5 Å². The van der Waals surface area contributed by atoms with E-state index in [1.54, 1.807) is 0 Å². The molecule has 0 aromatic carbocycles. The van der Waals surface area contributed by atoms with Crippen molar-refractivity contribution in [2.24, 2.45) is 0 Å². The lowest BCUT2D eigenvalue weighted by Gasteiger charge is -2.24. The SMILES string of the molecule is CCCn1ncc(CN(C)[C@@H](C)c2cccnc2)c1C. The summed E-state index contributed by atoms with van der Waals surface area (Å²) in [5.41, 5.74) is 3.82. The van der Waals surface area contributed by atoms with Crippen LogP contribution in [-0.2, 0) is 13.1 Å². The zero-order chi connectivity index (χ0) is 14.5. The molecule has 2 aromatic rings. The maximum Gasteiger partial charge on any atom is 0.0537 e. The summed E-state index contributed by atoms with van der Waals surface area (Å²) in [4.78, 5) is 6.53. The molecule has 1 atom stereocenters. The number of rotatable bonds is 6. The Hall–Kier alpha value is -1.68. The van der Waals surface area contributed by atoms with Crippen molar-refractivity contribution < 1.29 is 0 Å². The highest BCUT2D eigenvalue weighted by Crippen LogP contribution is 2.20. The predicted molar refractivity (Wildman–Crippen MR) is 81.4 cm³/mol. The van der Waals surface area contributed by atoms with Crippen LogP contribution in [0.5, 0.6) is 0 Å². The topological polar surface area (TPSA) is 34.0 Å². The third-order valence-electron chi connectivity index (χ3n) is 3.89. The van der Waals surface area contributed by atoms with Crippen LogP contribution in [0, 0.1) is 6.92 Å². The standard InChI is InChI=1S/C16H24N4/c1-5-9-20-14(3)16(11-18-20)12-19(4)13(2)15-7-6-8-17-10-15/h6-8,10-11,13H,5,9,12H2,1-4H3/t13-/m0/s1. The van der Waals surface area contributed by atoms with Crippen molar-refractivity contribution in [1.82, 2.24) is 19.7 Å². The Morgan fingerprint density at radius 2 is 2.15 bits per heavy atom. The molecular weight excluding hydrogens is 248 g/mol. The minimum Gasteiger partial charge on any atom is -0.295 e. The van der Waals surface area contributed by atoms with Gasteiger partial charge in [0.25, 0.3) is 0 Å². The van der Waals surface area contributed by atoms with Gasteiger partial charge < -0.3 is 0 Å². The molecule has 0 N–H and O–H groups in total. The van der Waals surface area contributed by atoms with Crippen molar-refractivity contribution >= 4 is 0 Å². The lowest BCUT2D eigenvalue weighted by atomic mass is 10.1. The van der Waals surface area contributed by atoms with Gasteiger partial charge in [-0.2, -0.15) is 5.10 Å². The van der Waals surface area contributed by atoms with Gasteiger partial charge in [0.1, 0.15) is 0 Å². The molecule has 0 unspecified atom stereocenters. The summed E-state index contributed by atoms with van der Waals surface area (Å²) in [6.45, 7) is 8.44. The molecule has 0 saturated heterocycles. The Kier molecular flexibility index (Phi) is 4.90. The summed E-state index contributed by atoms with van der Waals surface area (Å²) in [5, 5.41) is 4.47. The van der Waals surface area contributed by atoms with Crippen LogP contribution in [0.15, 0.2) is 30.7 Å². The van der Waals surface area contributed by atoms with Gasteiger partial charge >= 0.3 is 0 Å². The third-order valence-corrected chi connectivity index (χ3v) is 3.89. The van der Waals surface area contributed by atoms with Gasteiger partial charge in [-0.1, -0.05) is 13.0 Å². The van der Waals surface area contributed by atoms with E-state index >= 15 is 0 Å². The van der Waals surface area contributed by atoms with Crippen molar-refractivity contribution in [3.63, 3.8) is 0 Å². The maximum atomic E-state index is 4.47. The highest BCUT2D eigenvalue weighted by Gasteiger charge is 2.14. The molecule has 2 rings (SSSR count). The molecule has 20 heavy (non-hydrogen) atoms. The Morgan fingerprint density at radius 3 is 2.80 bits per heavy atom. The molecule has 4 heteroatoms. The number of pyridine rings is 1. The molecule has 2 heterocycles. The summed E-state index contributed by atoms with van der Waals surface area (Å²) < 4.78 is 2.10. The molecule has 2 aromatic heterocycles. The first-order chi connectivity index (χ1) is 9.63. The average molecular weight is 272 g/mol. The van der Waals surface area contributed by atoms with E-state index in [2.05, 4.69) is 53.5 Å². The lowest BCUT2D eigenvalue weighted by molar-refractivity contribution is 0.252. The summed E-state index contributed by atoms with van der Waals surface area (Å²) in [5.74, 6) is 0. The van der Waals surface area contributed by atoms with E-state index in [4.69, 9.17) is 0 Å².